The lowest BCUT2D eigenvalue weighted by Crippen LogP contribution is -1.76. The van der Waals surface area contributed by atoms with Crippen molar-refractivity contribution in [1.82, 2.24) is 4.98 Å². The molecule has 0 aromatic carbocycles. The summed E-state index contributed by atoms with van der Waals surface area (Å²) in [6, 6.07) is 0. The van der Waals surface area contributed by atoms with Crippen LogP contribution in [0.2, 0.25) is 0 Å². The van der Waals surface area contributed by atoms with E-state index < -0.39 is 0 Å². The first-order valence-electron chi connectivity index (χ1n) is 3.58. The van der Waals surface area contributed by atoms with E-state index in [4.69, 9.17) is 0 Å². The molecule has 0 aliphatic rings. The summed E-state index contributed by atoms with van der Waals surface area (Å²) >= 11 is 0. The Hall–Kier alpha value is -1.64. The first kappa shape index (κ1) is 8.46. The zero-order valence-electron chi connectivity index (χ0n) is 6.87. The maximum atomic E-state index is 10.4. The first-order chi connectivity index (χ1) is 5.79. The van der Waals surface area contributed by atoms with Gasteiger partial charge in [0.15, 0.2) is 6.29 Å². The summed E-state index contributed by atoms with van der Waals surface area (Å²) in [5, 5.41) is 0. The van der Waals surface area contributed by atoms with Gasteiger partial charge in [0.05, 0.1) is 0 Å². The molecule has 3 nitrogen and oxygen atoms in total. The van der Waals surface area contributed by atoms with Crippen molar-refractivity contribution >= 4 is 18.3 Å². The number of rotatable bonds is 3. The van der Waals surface area contributed by atoms with Gasteiger partial charge in [-0.05, 0) is 6.92 Å². The molecule has 0 fully saturated rings. The number of aromatic amines is 1. The average molecular weight is 162 g/mol. The summed E-state index contributed by atoms with van der Waals surface area (Å²) in [6.45, 7) is 5.34. The molecule has 0 radical (unpaired) electrons. The van der Waals surface area contributed by atoms with Crippen molar-refractivity contribution < 1.29 is 4.79 Å². The van der Waals surface area contributed by atoms with Crippen LogP contribution in [-0.4, -0.2) is 17.5 Å². The van der Waals surface area contributed by atoms with E-state index in [1.165, 1.54) is 0 Å². The molecule has 0 spiro atoms. The number of aliphatic imine (C=N–C) groups is 1. The fraction of sp³-hybridized carbons (Fsp3) is 0.111. The van der Waals surface area contributed by atoms with Gasteiger partial charge in [0.1, 0.15) is 5.82 Å². The van der Waals surface area contributed by atoms with Gasteiger partial charge in [0.25, 0.3) is 0 Å². The third-order valence-electron chi connectivity index (χ3n) is 1.59. The van der Waals surface area contributed by atoms with Gasteiger partial charge in [-0.3, -0.25) is 4.79 Å². The highest BCUT2D eigenvalue weighted by molar-refractivity contribution is 5.81. The van der Waals surface area contributed by atoms with Gasteiger partial charge in [-0.15, -0.1) is 0 Å². The highest BCUT2D eigenvalue weighted by Crippen LogP contribution is 2.18. The zero-order chi connectivity index (χ0) is 8.97. The largest absolute Gasteiger partial charge is 0.346 e. The van der Waals surface area contributed by atoms with E-state index in [1.807, 2.05) is 6.92 Å². The van der Waals surface area contributed by atoms with Crippen molar-refractivity contribution in [2.75, 3.05) is 0 Å². The molecule has 0 aliphatic heterocycles. The quantitative estimate of drug-likeness (QED) is 0.536. The number of nitrogens with one attached hydrogen (secondary N) is 1. The highest BCUT2D eigenvalue weighted by Gasteiger charge is 2.02. The molecule has 1 aromatic rings. The Morgan fingerprint density at radius 2 is 2.42 bits per heavy atom. The van der Waals surface area contributed by atoms with Crippen molar-refractivity contribution in [2.24, 2.45) is 4.99 Å². The summed E-state index contributed by atoms with van der Waals surface area (Å²) in [5.74, 6) is 0.706. The standard InChI is InChI=1S/C9H10N2O/c1-3-4-10-9-7(2)8(6-12)5-11-9/h3-6,11H,1H2,2H3/b10-4-. The molecule has 1 heterocycles. The van der Waals surface area contributed by atoms with E-state index >= 15 is 0 Å². The molecule has 1 rings (SSSR count). The number of aromatic nitrogens is 1. The number of carbonyl (C=O) groups is 1. The molecule has 0 atom stereocenters. The number of carbonyl (C=O) groups excluding carboxylic acids is 1. The molecule has 0 aliphatic carbocycles. The SMILES string of the molecule is C=C/C=N\c1[nH]cc(C=O)c1C. The topological polar surface area (TPSA) is 45.2 Å². The molecular weight excluding hydrogens is 152 g/mol. The fourth-order valence-corrected chi connectivity index (χ4v) is 0.883. The van der Waals surface area contributed by atoms with Crippen LogP contribution in [0.15, 0.2) is 23.8 Å². The second-order valence-electron chi connectivity index (χ2n) is 2.35. The Balaban J connectivity index is 3.01. The van der Waals surface area contributed by atoms with Crippen molar-refractivity contribution in [3.05, 3.63) is 30.0 Å². The monoisotopic (exact) mass is 162 g/mol. The Morgan fingerprint density at radius 3 is 2.92 bits per heavy atom. The number of H-pyrrole nitrogens is 1. The van der Waals surface area contributed by atoms with Gasteiger partial charge in [0, 0.05) is 23.5 Å². The molecule has 1 aromatic heterocycles. The first-order valence-corrected chi connectivity index (χ1v) is 3.58. The summed E-state index contributed by atoms with van der Waals surface area (Å²) in [5.41, 5.74) is 1.51. The minimum absolute atomic E-state index is 0.645. The molecule has 0 saturated carbocycles. The number of hydrogen-bond donors (Lipinski definition) is 1. The predicted octanol–water partition coefficient (Wildman–Crippen LogP) is 2.02. The molecule has 0 bridgehead atoms. The molecule has 0 saturated heterocycles. The molecular formula is C9H10N2O. The van der Waals surface area contributed by atoms with E-state index in [1.54, 1.807) is 18.5 Å². The molecule has 3 heteroatoms. The highest BCUT2D eigenvalue weighted by atomic mass is 16.1. The smallest absolute Gasteiger partial charge is 0.151 e. The van der Waals surface area contributed by atoms with Crippen molar-refractivity contribution in [3.8, 4) is 0 Å². The van der Waals surface area contributed by atoms with E-state index in [-0.39, 0.29) is 0 Å². The van der Waals surface area contributed by atoms with Crippen LogP contribution in [-0.2, 0) is 0 Å². The van der Waals surface area contributed by atoms with E-state index in [0.717, 1.165) is 11.8 Å². The third kappa shape index (κ3) is 1.50. The van der Waals surface area contributed by atoms with Crippen LogP contribution in [0, 0.1) is 6.92 Å². The van der Waals surface area contributed by atoms with Crippen LogP contribution in [0.4, 0.5) is 5.82 Å². The van der Waals surface area contributed by atoms with Crippen LogP contribution < -0.4 is 0 Å². The Bertz CT molecular complexity index is 323. The van der Waals surface area contributed by atoms with Gasteiger partial charge in [0.2, 0.25) is 0 Å². The number of allylic oxidation sites excluding steroid dienone is 1. The predicted molar refractivity (Wildman–Crippen MR) is 49.3 cm³/mol. The summed E-state index contributed by atoms with van der Waals surface area (Å²) in [7, 11) is 0. The maximum absolute atomic E-state index is 10.4. The summed E-state index contributed by atoms with van der Waals surface area (Å²) in [4.78, 5) is 17.3. The third-order valence-corrected chi connectivity index (χ3v) is 1.59. The fourth-order valence-electron chi connectivity index (χ4n) is 0.883. The molecule has 12 heavy (non-hydrogen) atoms. The average Bonchev–Trinajstić information content (AvgIpc) is 2.43. The van der Waals surface area contributed by atoms with Crippen LogP contribution in [0.5, 0.6) is 0 Å². The van der Waals surface area contributed by atoms with E-state index in [2.05, 4.69) is 16.6 Å². The van der Waals surface area contributed by atoms with Gasteiger partial charge < -0.3 is 4.98 Å². The van der Waals surface area contributed by atoms with Gasteiger partial charge in [-0.25, -0.2) is 4.99 Å². The minimum atomic E-state index is 0.645. The summed E-state index contributed by atoms with van der Waals surface area (Å²) < 4.78 is 0. The molecule has 62 valence electrons. The second kappa shape index (κ2) is 3.67. The Kier molecular flexibility index (Phi) is 2.58. The molecule has 0 unspecified atom stereocenters. The number of nitrogens with zero attached hydrogens (tertiary/aromatic N) is 1. The van der Waals surface area contributed by atoms with E-state index in [0.29, 0.717) is 11.4 Å². The van der Waals surface area contributed by atoms with E-state index in [9.17, 15) is 4.79 Å². The Morgan fingerprint density at radius 1 is 1.67 bits per heavy atom. The maximum Gasteiger partial charge on any atom is 0.151 e. The minimum Gasteiger partial charge on any atom is -0.346 e. The molecule has 0 amide bonds. The summed E-state index contributed by atoms with van der Waals surface area (Å²) in [6.07, 6.45) is 5.60. The van der Waals surface area contributed by atoms with Gasteiger partial charge in [-0.1, -0.05) is 12.7 Å². The normalized spacial score (nSPS) is 10.4. The number of aldehydes is 1. The van der Waals surface area contributed by atoms with Gasteiger partial charge in [-0.2, -0.15) is 0 Å². The zero-order valence-corrected chi connectivity index (χ0v) is 6.87. The molecule has 1 N–H and O–H groups in total. The van der Waals surface area contributed by atoms with Crippen LogP contribution >= 0.6 is 0 Å². The van der Waals surface area contributed by atoms with Crippen molar-refractivity contribution in [3.63, 3.8) is 0 Å². The lowest BCUT2D eigenvalue weighted by Gasteiger charge is -1.88. The van der Waals surface area contributed by atoms with Crippen LogP contribution in [0.1, 0.15) is 15.9 Å². The Labute approximate surface area is 70.8 Å². The lowest BCUT2D eigenvalue weighted by atomic mass is 10.2. The van der Waals surface area contributed by atoms with Gasteiger partial charge >= 0.3 is 0 Å². The second-order valence-corrected chi connectivity index (χ2v) is 2.35. The van der Waals surface area contributed by atoms with Crippen molar-refractivity contribution in [1.29, 1.82) is 0 Å². The van der Waals surface area contributed by atoms with Crippen LogP contribution in [0.3, 0.4) is 0 Å². The van der Waals surface area contributed by atoms with Crippen LogP contribution in [0.25, 0.3) is 0 Å². The number of hydrogen-bond acceptors (Lipinski definition) is 2. The lowest BCUT2D eigenvalue weighted by molar-refractivity contribution is 0.112. The van der Waals surface area contributed by atoms with Crippen molar-refractivity contribution in [2.45, 2.75) is 6.92 Å².